The third kappa shape index (κ3) is 7.75. The number of carbonyl (C=O) groups excluding carboxylic acids is 1. The second-order valence-corrected chi connectivity index (χ2v) is 8.49. The van der Waals surface area contributed by atoms with E-state index in [1.807, 2.05) is 72.8 Å². The second-order valence-electron chi connectivity index (χ2n) is 8.49. The fourth-order valence-electron chi connectivity index (χ4n) is 3.80. The van der Waals surface area contributed by atoms with E-state index >= 15 is 0 Å². The maximum Gasteiger partial charge on any atom is 0.247 e. The molecular formula is C30H31ClN4O3. The van der Waals surface area contributed by atoms with Crippen molar-refractivity contribution in [2.75, 3.05) is 12.4 Å². The van der Waals surface area contributed by atoms with Crippen molar-refractivity contribution in [3.8, 4) is 11.5 Å². The highest BCUT2D eigenvalue weighted by Crippen LogP contribution is 2.30. The van der Waals surface area contributed by atoms with E-state index in [0.29, 0.717) is 41.5 Å². The van der Waals surface area contributed by atoms with Gasteiger partial charge in [-0.1, -0.05) is 60.7 Å². The third-order valence-corrected chi connectivity index (χ3v) is 5.80. The predicted octanol–water partition coefficient (Wildman–Crippen LogP) is 5.45. The maximum atomic E-state index is 13.5. The number of anilines is 1. The molecule has 0 saturated carbocycles. The van der Waals surface area contributed by atoms with Gasteiger partial charge in [0.1, 0.15) is 30.0 Å². The van der Waals surface area contributed by atoms with Gasteiger partial charge in [-0.2, -0.15) is 0 Å². The number of methoxy groups -OCH3 is 1. The number of ether oxygens (including phenoxy) is 2. The van der Waals surface area contributed by atoms with Crippen molar-refractivity contribution in [2.45, 2.75) is 19.2 Å². The van der Waals surface area contributed by atoms with Crippen molar-refractivity contribution in [1.82, 2.24) is 5.32 Å². The van der Waals surface area contributed by atoms with Crippen molar-refractivity contribution in [1.29, 1.82) is 5.41 Å². The van der Waals surface area contributed by atoms with Crippen LogP contribution in [0.25, 0.3) is 0 Å². The molecule has 1 atom stereocenters. The molecular weight excluding hydrogens is 500 g/mol. The minimum absolute atomic E-state index is 0. The normalized spacial score (nSPS) is 11.0. The largest absolute Gasteiger partial charge is 0.497 e. The Morgan fingerprint density at radius 2 is 1.47 bits per heavy atom. The van der Waals surface area contributed by atoms with E-state index < -0.39 is 6.04 Å². The van der Waals surface area contributed by atoms with Crippen LogP contribution in [0.3, 0.4) is 0 Å². The van der Waals surface area contributed by atoms with Gasteiger partial charge in [-0.25, -0.2) is 0 Å². The Balaban J connectivity index is 0.00000400. The first-order valence-corrected chi connectivity index (χ1v) is 11.9. The Kier molecular flexibility index (Phi) is 10.1. The molecule has 4 rings (SSSR count). The number of rotatable bonds is 11. The molecule has 0 aliphatic rings. The number of nitrogen functional groups attached to an aromatic ring is 1. The maximum absolute atomic E-state index is 13.5. The van der Waals surface area contributed by atoms with E-state index in [9.17, 15) is 4.79 Å². The van der Waals surface area contributed by atoms with Crippen molar-refractivity contribution < 1.29 is 14.3 Å². The average molecular weight is 531 g/mol. The first-order chi connectivity index (χ1) is 18.0. The molecule has 4 aromatic rings. The first kappa shape index (κ1) is 28.1. The van der Waals surface area contributed by atoms with Gasteiger partial charge in [0.05, 0.1) is 7.11 Å². The number of amides is 1. The molecule has 0 aliphatic heterocycles. The lowest BCUT2D eigenvalue weighted by atomic mass is 10.0. The molecule has 4 aromatic carbocycles. The Hall–Kier alpha value is -4.49. The number of halogens is 1. The molecule has 0 fully saturated rings. The van der Waals surface area contributed by atoms with Crippen LogP contribution >= 0.6 is 12.4 Å². The van der Waals surface area contributed by atoms with Crippen LogP contribution in [0, 0.1) is 5.41 Å². The van der Waals surface area contributed by atoms with Gasteiger partial charge in [-0.05, 0) is 53.1 Å². The highest BCUT2D eigenvalue weighted by molar-refractivity contribution is 5.95. The number of nitrogens with two attached hydrogens (primary N) is 1. The van der Waals surface area contributed by atoms with Gasteiger partial charge in [0, 0.05) is 23.9 Å². The van der Waals surface area contributed by atoms with Crippen molar-refractivity contribution in [2.24, 2.45) is 5.73 Å². The fraction of sp³-hybridized carbons (Fsp3) is 0.133. The Morgan fingerprint density at radius 3 is 2.08 bits per heavy atom. The summed E-state index contributed by atoms with van der Waals surface area (Å²) < 4.78 is 11.6. The molecule has 0 aliphatic carbocycles. The van der Waals surface area contributed by atoms with Crippen LogP contribution in [0.5, 0.6) is 11.5 Å². The fourth-order valence-corrected chi connectivity index (χ4v) is 3.80. The van der Waals surface area contributed by atoms with Crippen LogP contribution in [-0.4, -0.2) is 18.9 Å². The van der Waals surface area contributed by atoms with E-state index in [4.69, 9.17) is 20.6 Å². The van der Waals surface area contributed by atoms with Gasteiger partial charge in [0.15, 0.2) is 0 Å². The SMILES string of the molecule is COc1cc(OCc2ccccc2)cc([C@@H](Nc2ccc(C(=N)N)cc2)C(=O)NCc2ccccc2)c1.Cl. The topological polar surface area (TPSA) is 109 Å². The minimum Gasteiger partial charge on any atom is -0.497 e. The molecule has 196 valence electrons. The van der Waals surface area contributed by atoms with Gasteiger partial charge in [0.2, 0.25) is 5.91 Å². The number of hydrogen-bond acceptors (Lipinski definition) is 5. The van der Waals surface area contributed by atoms with Crippen molar-refractivity contribution >= 4 is 29.8 Å². The van der Waals surface area contributed by atoms with Gasteiger partial charge >= 0.3 is 0 Å². The average Bonchev–Trinajstić information content (AvgIpc) is 2.94. The zero-order chi connectivity index (χ0) is 26.0. The number of amidine groups is 1. The minimum atomic E-state index is -0.735. The second kappa shape index (κ2) is 13.7. The van der Waals surface area contributed by atoms with Crippen molar-refractivity contribution in [3.63, 3.8) is 0 Å². The van der Waals surface area contributed by atoms with Crippen LogP contribution < -0.4 is 25.8 Å². The van der Waals surface area contributed by atoms with Gasteiger partial charge in [-0.15, -0.1) is 12.4 Å². The van der Waals surface area contributed by atoms with E-state index in [0.717, 1.165) is 11.1 Å². The van der Waals surface area contributed by atoms with Crippen LogP contribution in [0.2, 0.25) is 0 Å². The molecule has 7 nitrogen and oxygen atoms in total. The molecule has 0 radical (unpaired) electrons. The summed E-state index contributed by atoms with van der Waals surface area (Å²) in [4.78, 5) is 13.5. The molecule has 0 aromatic heterocycles. The van der Waals surface area contributed by atoms with E-state index in [2.05, 4.69) is 10.6 Å². The lowest BCUT2D eigenvalue weighted by molar-refractivity contribution is -0.122. The summed E-state index contributed by atoms with van der Waals surface area (Å²) in [5.74, 6) is 0.946. The van der Waals surface area contributed by atoms with Crippen molar-refractivity contribution in [3.05, 3.63) is 125 Å². The zero-order valence-corrected chi connectivity index (χ0v) is 21.8. The molecule has 0 unspecified atom stereocenters. The van der Waals surface area contributed by atoms with Gasteiger partial charge in [0.25, 0.3) is 0 Å². The summed E-state index contributed by atoms with van der Waals surface area (Å²) in [5.41, 5.74) is 9.62. The molecule has 0 heterocycles. The number of hydrogen-bond donors (Lipinski definition) is 4. The molecule has 0 bridgehead atoms. The lowest BCUT2D eigenvalue weighted by Crippen LogP contribution is -2.33. The number of nitrogens with one attached hydrogen (secondary N) is 3. The summed E-state index contributed by atoms with van der Waals surface area (Å²) in [6.07, 6.45) is 0. The van der Waals surface area contributed by atoms with E-state index in [1.165, 1.54) is 0 Å². The van der Waals surface area contributed by atoms with Gasteiger partial charge in [-0.3, -0.25) is 10.2 Å². The predicted molar refractivity (Wildman–Crippen MR) is 153 cm³/mol. The molecule has 38 heavy (non-hydrogen) atoms. The first-order valence-electron chi connectivity index (χ1n) is 11.9. The van der Waals surface area contributed by atoms with E-state index in [1.54, 1.807) is 37.4 Å². The third-order valence-electron chi connectivity index (χ3n) is 5.80. The standard InChI is InChI=1S/C30H30N4O3.ClH/c1-36-26-16-24(17-27(18-26)37-20-22-10-6-3-7-11-22)28(30(35)33-19-21-8-4-2-5-9-21)34-25-14-12-23(13-15-25)29(31)32;/h2-18,28,34H,19-20H2,1H3,(H3,31,32)(H,33,35);1H/t28-;/m1./s1. The summed E-state index contributed by atoms with van der Waals surface area (Å²) in [6, 6.07) is 31.4. The smallest absolute Gasteiger partial charge is 0.247 e. The number of benzene rings is 4. The molecule has 0 spiro atoms. The molecule has 1 amide bonds. The quantitative estimate of drug-likeness (QED) is 0.152. The van der Waals surface area contributed by atoms with Crippen LogP contribution in [0.1, 0.15) is 28.3 Å². The monoisotopic (exact) mass is 530 g/mol. The molecule has 8 heteroatoms. The van der Waals surface area contributed by atoms with Crippen LogP contribution in [0.15, 0.2) is 103 Å². The molecule has 5 N–H and O–H groups in total. The van der Waals surface area contributed by atoms with E-state index in [-0.39, 0.29) is 24.1 Å². The highest BCUT2D eigenvalue weighted by atomic mass is 35.5. The lowest BCUT2D eigenvalue weighted by Gasteiger charge is -2.22. The Bertz CT molecular complexity index is 1330. The Morgan fingerprint density at radius 1 is 0.868 bits per heavy atom. The summed E-state index contributed by atoms with van der Waals surface area (Å²) in [6.45, 7) is 0.778. The highest BCUT2D eigenvalue weighted by Gasteiger charge is 2.22. The summed E-state index contributed by atoms with van der Waals surface area (Å²) >= 11 is 0. The van der Waals surface area contributed by atoms with Gasteiger partial charge < -0.3 is 25.8 Å². The van der Waals surface area contributed by atoms with Crippen LogP contribution in [-0.2, 0) is 17.9 Å². The summed E-state index contributed by atoms with van der Waals surface area (Å²) in [7, 11) is 1.58. The van der Waals surface area contributed by atoms with Crippen LogP contribution in [0.4, 0.5) is 5.69 Å². The summed E-state index contributed by atoms with van der Waals surface area (Å²) in [5, 5.41) is 14.0. The zero-order valence-electron chi connectivity index (χ0n) is 21.0. The molecule has 0 saturated heterocycles. The Labute approximate surface area is 228 Å². The number of carbonyl (C=O) groups is 1.